The van der Waals surface area contributed by atoms with Crippen molar-refractivity contribution in [3.8, 4) is 5.75 Å². The van der Waals surface area contributed by atoms with E-state index in [1.54, 1.807) is 32.0 Å². The first-order chi connectivity index (χ1) is 8.29. The minimum absolute atomic E-state index is 0.0763. The monoisotopic (exact) mass is 254 g/mol. The van der Waals surface area contributed by atoms with Crippen molar-refractivity contribution in [3.63, 3.8) is 0 Å². The number of benzene rings is 1. The molecule has 0 aliphatic rings. The van der Waals surface area contributed by atoms with E-state index in [9.17, 15) is 9.18 Å². The molecule has 1 rings (SSSR count). The lowest BCUT2D eigenvalue weighted by molar-refractivity contribution is -0.138. The SMILES string of the molecule is COc1cccc(C(C)F)c1C(C)(C)CC(=O)O. The van der Waals surface area contributed by atoms with Crippen LogP contribution in [-0.2, 0) is 10.2 Å². The van der Waals surface area contributed by atoms with Crippen molar-refractivity contribution in [2.45, 2.75) is 38.8 Å². The van der Waals surface area contributed by atoms with Gasteiger partial charge in [0, 0.05) is 11.0 Å². The minimum atomic E-state index is -1.16. The van der Waals surface area contributed by atoms with Gasteiger partial charge in [-0.1, -0.05) is 26.0 Å². The highest BCUT2D eigenvalue weighted by Crippen LogP contribution is 2.40. The Kier molecular flexibility index (Phi) is 4.33. The third-order valence-corrected chi connectivity index (χ3v) is 2.98. The molecule has 100 valence electrons. The maximum Gasteiger partial charge on any atom is 0.304 e. The quantitative estimate of drug-likeness (QED) is 0.875. The summed E-state index contributed by atoms with van der Waals surface area (Å²) < 4.78 is 18.9. The molecule has 0 amide bonds. The van der Waals surface area contributed by atoms with Gasteiger partial charge in [0.05, 0.1) is 13.5 Å². The maximum absolute atomic E-state index is 13.7. The van der Waals surface area contributed by atoms with Crippen molar-refractivity contribution in [1.29, 1.82) is 0 Å². The van der Waals surface area contributed by atoms with Gasteiger partial charge in [0.25, 0.3) is 0 Å². The van der Waals surface area contributed by atoms with E-state index >= 15 is 0 Å². The summed E-state index contributed by atoms with van der Waals surface area (Å²) in [5, 5.41) is 8.97. The Hall–Kier alpha value is -1.58. The molecule has 0 spiro atoms. The molecule has 0 radical (unpaired) electrons. The number of alkyl halides is 1. The van der Waals surface area contributed by atoms with Crippen LogP contribution in [0.3, 0.4) is 0 Å². The van der Waals surface area contributed by atoms with Crippen molar-refractivity contribution in [2.75, 3.05) is 7.11 Å². The Morgan fingerprint density at radius 2 is 2.11 bits per heavy atom. The molecule has 0 saturated heterocycles. The number of hydrogen-bond acceptors (Lipinski definition) is 2. The fraction of sp³-hybridized carbons (Fsp3) is 0.500. The first kappa shape index (κ1) is 14.5. The summed E-state index contributed by atoms with van der Waals surface area (Å²) in [6.45, 7) is 5.00. The lowest BCUT2D eigenvalue weighted by Gasteiger charge is -2.28. The fourth-order valence-electron chi connectivity index (χ4n) is 2.24. The van der Waals surface area contributed by atoms with Crippen molar-refractivity contribution >= 4 is 5.97 Å². The predicted octanol–water partition coefficient (Wildman–Crippen LogP) is 3.48. The third kappa shape index (κ3) is 3.00. The second-order valence-electron chi connectivity index (χ2n) is 4.99. The summed E-state index contributed by atoms with van der Waals surface area (Å²) in [6, 6.07) is 5.11. The van der Waals surface area contributed by atoms with Crippen LogP contribution >= 0.6 is 0 Å². The van der Waals surface area contributed by atoms with E-state index in [2.05, 4.69) is 0 Å². The number of carboxylic acids is 1. The molecule has 1 atom stereocenters. The normalized spacial score (nSPS) is 13.2. The number of aliphatic carboxylic acids is 1. The highest BCUT2D eigenvalue weighted by molar-refractivity contribution is 5.69. The lowest BCUT2D eigenvalue weighted by Crippen LogP contribution is -2.24. The van der Waals surface area contributed by atoms with Gasteiger partial charge in [-0.25, -0.2) is 4.39 Å². The zero-order valence-corrected chi connectivity index (χ0v) is 11.2. The highest BCUT2D eigenvalue weighted by Gasteiger charge is 2.31. The fourth-order valence-corrected chi connectivity index (χ4v) is 2.24. The van der Waals surface area contributed by atoms with Crippen LogP contribution in [0.25, 0.3) is 0 Å². The number of halogens is 1. The Labute approximate surface area is 107 Å². The number of carboxylic acid groups (broad SMARTS) is 1. The zero-order chi connectivity index (χ0) is 13.9. The standard InChI is InChI=1S/C14H19FO3/c1-9(15)10-6-5-7-11(18-4)13(10)14(2,3)8-12(16)17/h5-7,9H,8H2,1-4H3,(H,16,17). The minimum Gasteiger partial charge on any atom is -0.496 e. The number of carbonyl (C=O) groups is 1. The Morgan fingerprint density at radius 3 is 2.56 bits per heavy atom. The number of hydrogen-bond donors (Lipinski definition) is 1. The van der Waals surface area contributed by atoms with E-state index in [0.29, 0.717) is 16.9 Å². The van der Waals surface area contributed by atoms with Crippen molar-refractivity contribution < 1.29 is 19.0 Å². The average molecular weight is 254 g/mol. The lowest BCUT2D eigenvalue weighted by atomic mass is 9.77. The summed E-state index contributed by atoms with van der Waals surface area (Å²) in [6.07, 6.45) is -1.24. The van der Waals surface area contributed by atoms with Crippen LogP contribution in [0.15, 0.2) is 18.2 Å². The van der Waals surface area contributed by atoms with Gasteiger partial charge in [0.15, 0.2) is 0 Å². The van der Waals surface area contributed by atoms with Crippen LogP contribution in [-0.4, -0.2) is 18.2 Å². The zero-order valence-electron chi connectivity index (χ0n) is 11.2. The van der Waals surface area contributed by atoms with Crippen molar-refractivity contribution in [1.82, 2.24) is 0 Å². The molecule has 1 N–H and O–H groups in total. The Bertz CT molecular complexity index is 439. The number of ether oxygens (including phenoxy) is 1. The topological polar surface area (TPSA) is 46.5 Å². The molecular weight excluding hydrogens is 235 g/mol. The van der Waals surface area contributed by atoms with Crippen molar-refractivity contribution in [2.24, 2.45) is 0 Å². The molecular formula is C14H19FO3. The smallest absolute Gasteiger partial charge is 0.304 e. The summed E-state index contributed by atoms with van der Waals surface area (Å²) in [4.78, 5) is 10.9. The largest absolute Gasteiger partial charge is 0.496 e. The molecule has 1 aromatic rings. The van der Waals surface area contributed by atoms with Crippen LogP contribution in [0.1, 0.15) is 44.5 Å². The van der Waals surface area contributed by atoms with Gasteiger partial charge in [0.1, 0.15) is 11.9 Å². The van der Waals surface area contributed by atoms with Gasteiger partial charge >= 0.3 is 5.97 Å². The maximum atomic E-state index is 13.7. The molecule has 0 aromatic heterocycles. The van der Waals surface area contributed by atoms with Crippen molar-refractivity contribution in [3.05, 3.63) is 29.3 Å². The van der Waals surface area contributed by atoms with E-state index < -0.39 is 17.6 Å². The molecule has 0 saturated carbocycles. The van der Waals surface area contributed by atoms with E-state index in [0.717, 1.165) is 0 Å². The molecule has 1 aromatic carbocycles. The molecule has 3 nitrogen and oxygen atoms in total. The molecule has 0 aliphatic carbocycles. The predicted molar refractivity (Wildman–Crippen MR) is 67.8 cm³/mol. The first-order valence-electron chi connectivity index (χ1n) is 5.83. The Morgan fingerprint density at radius 1 is 1.50 bits per heavy atom. The van der Waals surface area contributed by atoms with Gasteiger partial charge in [-0.2, -0.15) is 0 Å². The molecule has 1 unspecified atom stereocenters. The molecule has 0 heterocycles. The molecule has 0 fully saturated rings. The van der Waals surface area contributed by atoms with Gasteiger partial charge < -0.3 is 9.84 Å². The van der Waals surface area contributed by atoms with E-state index in [1.165, 1.54) is 14.0 Å². The molecule has 4 heteroatoms. The van der Waals surface area contributed by atoms with Crippen LogP contribution < -0.4 is 4.74 Å². The van der Waals surface area contributed by atoms with Gasteiger partial charge in [-0.3, -0.25) is 4.79 Å². The second-order valence-corrected chi connectivity index (χ2v) is 4.99. The Balaban J connectivity index is 3.39. The first-order valence-corrected chi connectivity index (χ1v) is 5.83. The van der Waals surface area contributed by atoms with E-state index in [4.69, 9.17) is 9.84 Å². The summed E-state index contributed by atoms with van der Waals surface area (Å²) in [5.74, 6) is -0.383. The number of rotatable bonds is 5. The van der Waals surface area contributed by atoms with Crippen LogP contribution in [0.5, 0.6) is 5.75 Å². The van der Waals surface area contributed by atoms with E-state index in [-0.39, 0.29) is 6.42 Å². The second kappa shape index (κ2) is 5.38. The summed E-state index contributed by atoms with van der Waals surface area (Å²) >= 11 is 0. The van der Waals surface area contributed by atoms with E-state index in [1.807, 2.05) is 0 Å². The van der Waals surface area contributed by atoms with Crippen LogP contribution in [0, 0.1) is 0 Å². The van der Waals surface area contributed by atoms with Gasteiger partial charge in [-0.05, 0) is 18.6 Å². The summed E-state index contributed by atoms with van der Waals surface area (Å²) in [7, 11) is 1.50. The average Bonchev–Trinajstić information content (AvgIpc) is 2.26. The van der Waals surface area contributed by atoms with Gasteiger partial charge in [0.2, 0.25) is 0 Å². The molecule has 0 aliphatic heterocycles. The molecule has 0 bridgehead atoms. The highest BCUT2D eigenvalue weighted by atomic mass is 19.1. The van der Waals surface area contributed by atoms with Crippen LogP contribution in [0.2, 0.25) is 0 Å². The summed E-state index contributed by atoms with van der Waals surface area (Å²) in [5.41, 5.74) is 0.430. The third-order valence-electron chi connectivity index (χ3n) is 2.98. The molecule has 18 heavy (non-hydrogen) atoms. The van der Waals surface area contributed by atoms with Gasteiger partial charge in [-0.15, -0.1) is 0 Å². The van der Waals surface area contributed by atoms with Crippen LogP contribution in [0.4, 0.5) is 4.39 Å². The number of methoxy groups -OCH3 is 1.